The Bertz CT molecular complexity index is 556. The lowest BCUT2D eigenvalue weighted by atomic mass is 10.5. The Balaban J connectivity index is 2.04. The molecule has 0 spiro atoms. The van der Waals surface area contributed by atoms with Gasteiger partial charge in [0.1, 0.15) is 18.4 Å². The van der Waals surface area contributed by atoms with Gasteiger partial charge in [0, 0.05) is 12.3 Å². The Labute approximate surface area is 101 Å². The molecule has 0 aromatic carbocycles. The average Bonchev–Trinajstić information content (AvgIpc) is 2.76. The molecule has 0 bridgehead atoms. The lowest BCUT2D eigenvalue weighted by Crippen LogP contribution is -2.07. The molecule has 0 radical (unpaired) electrons. The van der Waals surface area contributed by atoms with E-state index in [2.05, 4.69) is 20.4 Å². The Morgan fingerprint density at radius 3 is 2.78 bits per heavy atom. The van der Waals surface area contributed by atoms with Gasteiger partial charge in [0.15, 0.2) is 11.5 Å². The van der Waals surface area contributed by atoms with Crippen molar-refractivity contribution in [2.75, 3.05) is 5.32 Å². The molecule has 18 heavy (non-hydrogen) atoms. The van der Waals surface area contributed by atoms with Crippen molar-refractivity contribution in [3.05, 3.63) is 30.4 Å². The van der Waals surface area contributed by atoms with E-state index in [1.54, 1.807) is 6.07 Å². The second-order valence-corrected chi connectivity index (χ2v) is 3.34. The zero-order valence-electron chi connectivity index (χ0n) is 9.09. The highest BCUT2D eigenvalue weighted by Gasteiger charge is 2.06. The van der Waals surface area contributed by atoms with E-state index >= 15 is 0 Å². The highest BCUT2D eigenvalue weighted by atomic mass is 19.3. The summed E-state index contributed by atoms with van der Waals surface area (Å²) in [6.07, 6.45) is 1.65. The molecule has 8 heteroatoms. The zero-order valence-corrected chi connectivity index (χ0v) is 9.09. The number of nitrogens with one attached hydrogen (secondary N) is 1. The molecule has 0 aliphatic rings. The van der Waals surface area contributed by atoms with Gasteiger partial charge in [-0.3, -0.25) is 4.68 Å². The lowest BCUT2D eigenvalue weighted by Gasteiger charge is -2.01. The first-order chi connectivity index (χ1) is 8.67. The van der Waals surface area contributed by atoms with Crippen LogP contribution in [0, 0.1) is 11.3 Å². The van der Waals surface area contributed by atoms with Gasteiger partial charge in [-0.15, -0.1) is 0 Å². The van der Waals surface area contributed by atoms with Crippen LogP contribution in [0.5, 0.6) is 0 Å². The van der Waals surface area contributed by atoms with E-state index in [-0.39, 0.29) is 5.69 Å². The quantitative estimate of drug-likeness (QED) is 0.890. The third-order valence-electron chi connectivity index (χ3n) is 1.99. The molecular formula is C10H8F2N6. The molecule has 0 saturated carbocycles. The highest BCUT2D eigenvalue weighted by Crippen LogP contribution is 2.11. The van der Waals surface area contributed by atoms with Crippen molar-refractivity contribution >= 4 is 11.6 Å². The van der Waals surface area contributed by atoms with Crippen molar-refractivity contribution in [1.82, 2.24) is 19.7 Å². The summed E-state index contributed by atoms with van der Waals surface area (Å²) in [5.74, 6) is 0.769. The fourth-order valence-electron chi connectivity index (χ4n) is 1.25. The summed E-state index contributed by atoms with van der Waals surface area (Å²) < 4.78 is 25.3. The third kappa shape index (κ3) is 2.98. The molecule has 0 aliphatic heterocycles. The summed E-state index contributed by atoms with van der Waals surface area (Å²) >= 11 is 0. The van der Waals surface area contributed by atoms with Crippen LogP contribution in [0.1, 0.15) is 5.69 Å². The monoisotopic (exact) mass is 250 g/mol. The molecule has 6 nitrogen and oxygen atoms in total. The standard InChI is InChI=1S/C10H8F2N6/c11-8(12)6-18-2-1-9(17-18)16-10-5-14-7(3-13)4-15-10/h1-2,4-5,8H,6H2,(H,15,16,17). The van der Waals surface area contributed by atoms with Crippen molar-refractivity contribution in [1.29, 1.82) is 5.26 Å². The summed E-state index contributed by atoms with van der Waals surface area (Å²) in [7, 11) is 0. The molecule has 0 saturated heterocycles. The predicted molar refractivity (Wildman–Crippen MR) is 58.3 cm³/mol. The van der Waals surface area contributed by atoms with Crippen molar-refractivity contribution < 1.29 is 8.78 Å². The fraction of sp³-hybridized carbons (Fsp3) is 0.200. The van der Waals surface area contributed by atoms with E-state index in [0.717, 1.165) is 4.68 Å². The fourth-order valence-corrected chi connectivity index (χ4v) is 1.25. The first-order valence-electron chi connectivity index (χ1n) is 4.98. The van der Waals surface area contributed by atoms with E-state index in [9.17, 15) is 8.78 Å². The van der Waals surface area contributed by atoms with Crippen LogP contribution in [0.15, 0.2) is 24.7 Å². The Morgan fingerprint density at radius 2 is 2.17 bits per heavy atom. The molecule has 2 heterocycles. The number of nitrogens with zero attached hydrogens (tertiary/aromatic N) is 5. The minimum atomic E-state index is -2.45. The van der Waals surface area contributed by atoms with Crippen molar-refractivity contribution in [2.24, 2.45) is 0 Å². The van der Waals surface area contributed by atoms with Gasteiger partial charge in [0.05, 0.1) is 12.4 Å². The lowest BCUT2D eigenvalue weighted by molar-refractivity contribution is 0.122. The number of hydrogen-bond donors (Lipinski definition) is 1. The maximum absolute atomic E-state index is 12.1. The van der Waals surface area contributed by atoms with E-state index in [4.69, 9.17) is 5.26 Å². The van der Waals surface area contributed by atoms with Crippen LogP contribution in [0.2, 0.25) is 0 Å². The number of anilines is 2. The molecule has 0 unspecified atom stereocenters. The number of rotatable bonds is 4. The molecule has 0 amide bonds. The first-order valence-corrected chi connectivity index (χ1v) is 4.98. The van der Waals surface area contributed by atoms with Crippen LogP contribution < -0.4 is 5.32 Å². The van der Waals surface area contributed by atoms with Gasteiger partial charge >= 0.3 is 0 Å². The number of halogens is 2. The first kappa shape index (κ1) is 11.9. The van der Waals surface area contributed by atoms with Crippen LogP contribution in [0.25, 0.3) is 0 Å². The number of nitriles is 1. The third-order valence-corrected chi connectivity index (χ3v) is 1.99. The summed E-state index contributed by atoms with van der Waals surface area (Å²) in [4.78, 5) is 7.73. The van der Waals surface area contributed by atoms with Gasteiger partial charge in [-0.05, 0) is 0 Å². The second kappa shape index (κ2) is 5.18. The van der Waals surface area contributed by atoms with Gasteiger partial charge in [-0.1, -0.05) is 0 Å². The summed E-state index contributed by atoms with van der Waals surface area (Å²) in [5, 5.41) is 15.2. The minimum Gasteiger partial charge on any atom is -0.322 e. The van der Waals surface area contributed by atoms with E-state index in [1.807, 2.05) is 6.07 Å². The molecule has 0 fully saturated rings. The number of aromatic nitrogens is 4. The normalized spacial score (nSPS) is 10.3. The van der Waals surface area contributed by atoms with Crippen LogP contribution in [0.3, 0.4) is 0 Å². The molecule has 0 atom stereocenters. The van der Waals surface area contributed by atoms with Crippen LogP contribution in [0.4, 0.5) is 20.4 Å². The SMILES string of the molecule is N#Cc1cnc(Nc2ccn(CC(F)F)n2)cn1. The second-order valence-electron chi connectivity index (χ2n) is 3.34. The van der Waals surface area contributed by atoms with E-state index < -0.39 is 13.0 Å². The van der Waals surface area contributed by atoms with Gasteiger partial charge in [0.25, 0.3) is 6.43 Å². The molecule has 2 aromatic rings. The minimum absolute atomic E-state index is 0.198. The Morgan fingerprint density at radius 1 is 1.33 bits per heavy atom. The van der Waals surface area contributed by atoms with E-state index in [1.165, 1.54) is 18.6 Å². The van der Waals surface area contributed by atoms with Gasteiger partial charge in [-0.25, -0.2) is 18.7 Å². The van der Waals surface area contributed by atoms with E-state index in [0.29, 0.717) is 11.6 Å². The van der Waals surface area contributed by atoms with Crippen molar-refractivity contribution in [2.45, 2.75) is 13.0 Å². The maximum atomic E-state index is 12.1. The van der Waals surface area contributed by atoms with Crippen LogP contribution in [-0.2, 0) is 6.54 Å². The molecule has 1 N–H and O–H groups in total. The summed E-state index contributed by atoms with van der Waals surface area (Å²) in [6.45, 7) is -0.458. The smallest absolute Gasteiger partial charge is 0.257 e. The van der Waals surface area contributed by atoms with Crippen molar-refractivity contribution in [3.8, 4) is 6.07 Å². The van der Waals surface area contributed by atoms with Crippen LogP contribution >= 0.6 is 0 Å². The van der Waals surface area contributed by atoms with Gasteiger partial charge in [0.2, 0.25) is 0 Å². The van der Waals surface area contributed by atoms with Gasteiger partial charge < -0.3 is 5.32 Å². The topological polar surface area (TPSA) is 79.4 Å². The molecular weight excluding hydrogens is 242 g/mol. The number of alkyl halides is 2. The summed E-state index contributed by atoms with van der Waals surface area (Å²) in [6, 6.07) is 3.38. The Kier molecular flexibility index (Phi) is 3.43. The molecule has 2 rings (SSSR count). The molecule has 92 valence electrons. The largest absolute Gasteiger partial charge is 0.322 e. The Hall–Kier alpha value is -2.56. The maximum Gasteiger partial charge on any atom is 0.257 e. The average molecular weight is 250 g/mol. The van der Waals surface area contributed by atoms with Crippen LogP contribution in [-0.4, -0.2) is 26.2 Å². The van der Waals surface area contributed by atoms with Crippen molar-refractivity contribution in [3.63, 3.8) is 0 Å². The molecule has 0 aliphatic carbocycles. The zero-order chi connectivity index (χ0) is 13.0. The summed E-state index contributed by atoms with van der Waals surface area (Å²) in [5.41, 5.74) is 0.198. The highest BCUT2D eigenvalue weighted by molar-refractivity contribution is 5.49. The molecule has 2 aromatic heterocycles. The predicted octanol–water partition coefficient (Wildman–Crippen LogP) is 1.55. The van der Waals surface area contributed by atoms with Gasteiger partial charge in [-0.2, -0.15) is 10.4 Å². The number of hydrogen-bond acceptors (Lipinski definition) is 5.